The highest BCUT2D eigenvalue weighted by atomic mass is 35.5. The molecule has 1 heterocycles. The number of ether oxygens (including phenoxy) is 2. The van der Waals surface area contributed by atoms with Crippen LogP contribution in [0, 0.1) is 6.92 Å². The monoisotopic (exact) mass is 426 g/mol. The minimum absolute atomic E-state index is 0.0417. The zero-order chi connectivity index (χ0) is 21.7. The van der Waals surface area contributed by atoms with Crippen molar-refractivity contribution in [1.29, 1.82) is 0 Å². The van der Waals surface area contributed by atoms with Gasteiger partial charge >= 0.3 is 0 Å². The molecule has 0 spiro atoms. The molecule has 8 heteroatoms. The van der Waals surface area contributed by atoms with E-state index in [-0.39, 0.29) is 12.0 Å². The Labute approximate surface area is 180 Å². The second-order valence-electron chi connectivity index (χ2n) is 6.85. The summed E-state index contributed by atoms with van der Waals surface area (Å²) in [6, 6.07) is 10.8. The number of H-pyrrole nitrogens is 1. The van der Waals surface area contributed by atoms with Gasteiger partial charge in [0, 0.05) is 17.3 Å². The summed E-state index contributed by atoms with van der Waals surface area (Å²) in [4.78, 5) is 16.7. The third kappa shape index (κ3) is 5.39. The summed E-state index contributed by atoms with van der Waals surface area (Å²) < 4.78 is 11.1. The molecule has 0 saturated heterocycles. The average Bonchev–Trinajstić information content (AvgIpc) is 3.14. The molecule has 30 heavy (non-hydrogen) atoms. The Morgan fingerprint density at radius 3 is 2.73 bits per heavy atom. The maximum atomic E-state index is 12.4. The summed E-state index contributed by atoms with van der Waals surface area (Å²) in [5, 5.41) is 10.2. The lowest BCUT2D eigenvalue weighted by molar-refractivity contribution is -0.111. The fourth-order valence-electron chi connectivity index (χ4n) is 2.75. The standard InChI is InChI=1S/C22H23ClN4O3/c1-13(2)30-21-18(23)10-15(11-19(21)29-4)8-9-20(28)25-17-7-5-6-16(12-17)22-24-14(3)26-27-22/h5-13H,1-4H3,(H,25,28)(H,24,26,27)/b9-8+. The molecule has 0 atom stereocenters. The molecule has 1 aromatic heterocycles. The number of aryl methyl sites for hydroxylation is 1. The predicted octanol–water partition coefficient (Wildman–Crippen LogP) is 4.88. The molecule has 2 N–H and O–H groups in total. The lowest BCUT2D eigenvalue weighted by Gasteiger charge is -2.15. The zero-order valence-electron chi connectivity index (χ0n) is 17.2. The summed E-state index contributed by atoms with van der Waals surface area (Å²) in [6.45, 7) is 5.65. The van der Waals surface area contributed by atoms with Crippen LogP contribution in [-0.4, -0.2) is 34.3 Å². The van der Waals surface area contributed by atoms with Gasteiger partial charge in [-0.1, -0.05) is 23.7 Å². The highest BCUT2D eigenvalue weighted by Crippen LogP contribution is 2.37. The summed E-state index contributed by atoms with van der Waals surface area (Å²) in [6.07, 6.45) is 3.04. The first kappa shape index (κ1) is 21.4. The summed E-state index contributed by atoms with van der Waals surface area (Å²) in [5.74, 6) is 2.00. The first-order chi connectivity index (χ1) is 14.4. The molecular formula is C22H23ClN4O3. The molecule has 2 aromatic carbocycles. The Balaban J connectivity index is 1.73. The van der Waals surface area contributed by atoms with E-state index in [1.165, 1.54) is 6.08 Å². The summed E-state index contributed by atoms with van der Waals surface area (Å²) >= 11 is 6.33. The van der Waals surface area contributed by atoms with Crippen LogP contribution in [0.5, 0.6) is 11.5 Å². The number of nitrogens with one attached hydrogen (secondary N) is 2. The van der Waals surface area contributed by atoms with Gasteiger partial charge in [0.05, 0.1) is 18.2 Å². The number of hydrogen-bond acceptors (Lipinski definition) is 5. The van der Waals surface area contributed by atoms with Gasteiger partial charge in [-0.25, -0.2) is 4.98 Å². The smallest absolute Gasteiger partial charge is 0.248 e. The average molecular weight is 427 g/mol. The molecule has 7 nitrogen and oxygen atoms in total. The largest absolute Gasteiger partial charge is 0.493 e. The molecule has 0 saturated carbocycles. The fourth-order valence-corrected chi connectivity index (χ4v) is 3.01. The number of benzene rings is 2. The first-order valence-electron chi connectivity index (χ1n) is 9.38. The number of carbonyl (C=O) groups is 1. The lowest BCUT2D eigenvalue weighted by Crippen LogP contribution is -2.08. The van der Waals surface area contributed by atoms with E-state index >= 15 is 0 Å². The summed E-state index contributed by atoms with van der Waals surface area (Å²) in [5.41, 5.74) is 2.16. The van der Waals surface area contributed by atoms with Crippen LogP contribution < -0.4 is 14.8 Å². The van der Waals surface area contributed by atoms with E-state index in [4.69, 9.17) is 21.1 Å². The molecule has 156 valence electrons. The van der Waals surface area contributed by atoms with Crippen molar-refractivity contribution < 1.29 is 14.3 Å². The van der Waals surface area contributed by atoms with Gasteiger partial charge in [-0.3, -0.25) is 9.89 Å². The molecule has 1 amide bonds. The van der Waals surface area contributed by atoms with Gasteiger partial charge < -0.3 is 14.8 Å². The van der Waals surface area contributed by atoms with Crippen LogP contribution >= 0.6 is 11.6 Å². The number of nitrogens with zero attached hydrogens (tertiary/aromatic N) is 2. The second-order valence-corrected chi connectivity index (χ2v) is 7.26. The van der Waals surface area contributed by atoms with Crippen molar-refractivity contribution in [2.75, 3.05) is 12.4 Å². The molecule has 0 aliphatic carbocycles. The van der Waals surface area contributed by atoms with Crippen molar-refractivity contribution in [2.24, 2.45) is 0 Å². The van der Waals surface area contributed by atoms with Crippen LogP contribution in [-0.2, 0) is 4.79 Å². The van der Waals surface area contributed by atoms with E-state index < -0.39 is 0 Å². The van der Waals surface area contributed by atoms with Crippen molar-refractivity contribution in [3.8, 4) is 22.9 Å². The summed E-state index contributed by atoms with van der Waals surface area (Å²) in [7, 11) is 1.54. The van der Waals surface area contributed by atoms with Gasteiger partial charge in [0.25, 0.3) is 0 Å². The molecule has 0 aliphatic heterocycles. The molecule has 0 fully saturated rings. The first-order valence-corrected chi connectivity index (χ1v) is 9.76. The SMILES string of the molecule is COc1cc(/C=C/C(=O)Nc2cccc(-c3n[nH]c(C)n3)c2)cc(Cl)c1OC(C)C. The van der Waals surface area contributed by atoms with Crippen LogP contribution in [0.15, 0.2) is 42.5 Å². The maximum absolute atomic E-state index is 12.4. The van der Waals surface area contributed by atoms with Gasteiger partial charge in [0.1, 0.15) is 5.82 Å². The Kier molecular flexibility index (Phi) is 6.74. The minimum Gasteiger partial charge on any atom is -0.493 e. The van der Waals surface area contributed by atoms with Crippen molar-refractivity contribution in [2.45, 2.75) is 26.9 Å². The number of aromatic nitrogens is 3. The van der Waals surface area contributed by atoms with E-state index in [1.807, 2.05) is 39.0 Å². The highest BCUT2D eigenvalue weighted by molar-refractivity contribution is 6.32. The number of hydrogen-bond donors (Lipinski definition) is 2. The predicted molar refractivity (Wildman–Crippen MR) is 118 cm³/mol. The molecule has 0 radical (unpaired) electrons. The van der Waals surface area contributed by atoms with E-state index in [0.717, 1.165) is 11.4 Å². The van der Waals surface area contributed by atoms with Crippen LogP contribution in [0.25, 0.3) is 17.5 Å². The Hall–Kier alpha value is -3.32. The minimum atomic E-state index is -0.282. The third-order valence-corrected chi connectivity index (χ3v) is 4.30. The molecule has 0 unspecified atom stereocenters. The number of halogens is 1. The van der Waals surface area contributed by atoms with E-state index in [9.17, 15) is 4.79 Å². The zero-order valence-corrected chi connectivity index (χ0v) is 17.9. The van der Waals surface area contributed by atoms with Crippen molar-refractivity contribution in [3.63, 3.8) is 0 Å². The van der Waals surface area contributed by atoms with Crippen LogP contribution in [0.3, 0.4) is 0 Å². The van der Waals surface area contributed by atoms with E-state index in [1.54, 1.807) is 31.4 Å². The van der Waals surface area contributed by atoms with Crippen LogP contribution in [0.1, 0.15) is 25.2 Å². The normalized spacial score (nSPS) is 11.1. The molecule has 0 bridgehead atoms. The second kappa shape index (κ2) is 9.45. The van der Waals surface area contributed by atoms with Crippen LogP contribution in [0.2, 0.25) is 5.02 Å². The van der Waals surface area contributed by atoms with Gasteiger partial charge in [-0.15, -0.1) is 0 Å². The quantitative estimate of drug-likeness (QED) is 0.525. The topological polar surface area (TPSA) is 89.1 Å². The van der Waals surface area contributed by atoms with E-state index in [0.29, 0.717) is 33.6 Å². The number of methoxy groups -OCH3 is 1. The van der Waals surface area contributed by atoms with E-state index in [2.05, 4.69) is 20.5 Å². The van der Waals surface area contributed by atoms with Crippen molar-refractivity contribution >= 4 is 29.3 Å². The van der Waals surface area contributed by atoms with Gasteiger partial charge in [-0.2, -0.15) is 5.10 Å². The Morgan fingerprint density at radius 2 is 2.07 bits per heavy atom. The van der Waals surface area contributed by atoms with Crippen molar-refractivity contribution in [1.82, 2.24) is 15.2 Å². The maximum Gasteiger partial charge on any atom is 0.248 e. The fraction of sp³-hybridized carbons (Fsp3) is 0.227. The van der Waals surface area contributed by atoms with Crippen LogP contribution in [0.4, 0.5) is 5.69 Å². The highest BCUT2D eigenvalue weighted by Gasteiger charge is 2.13. The number of anilines is 1. The molecule has 3 rings (SSSR count). The molecule has 0 aliphatic rings. The Bertz CT molecular complexity index is 1080. The number of aromatic amines is 1. The van der Waals surface area contributed by atoms with Gasteiger partial charge in [0.15, 0.2) is 17.3 Å². The number of amides is 1. The molecule has 3 aromatic rings. The number of carbonyl (C=O) groups excluding carboxylic acids is 1. The third-order valence-electron chi connectivity index (χ3n) is 4.02. The molecular weight excluding hydrogens is 404 g/mol. The Morgan fingerprint density at radius 1 is 1.27 bits per heavy atom. The number of rotatable bonds is 7. The van der Waals surface area contributed by atoms with Crippen molar-refractivity contribution in [3.05, 3.63) is 58.9 Å². The van der Waals surface area contributed by atoms with Gasteiger partial charge in [-0.05, 0) is 56.7 Å². The van der Waals surface area contributed by atoms with Gasteiger partial charge in [0.2, 0.25) is 5.91 Å². The lowest BCUT2D eigenvalue weighted by atomic mass is 10.1.